The molecule has 0 aliphatic carbocycles. The molecule has 2 N–H and O–H groups in total. The summed E-state index contributed by atoms with van der Waals surface area (Å²) in [6.45, 7) is 8.71. The number of aromatic hydroxyl groups is 1. The number of hydrogen-bond acceptors (Lipinski definition) is 6. The largest absolute Gasteiger partial charge is 0.507 e. The predicted octanol–water partition coefficient (Wildman–Crippen LogP) is 3.32. The Morgan fingerprint density at radius 3 is 2.44 bits per heavy atom. The fourth-order valence-corrected chi connectivity index (χ4v) is 3.59. The number of rotatable bonds is 3. The van der Waals surface area contributed by atoms with E-state index in [4.69, 9.17) is 9.15 Å². The number of allylic oxidation sites excluding steroid dienone is 1. The van der Waals surface area contributed by atoms with Crippen molar-refractivity contribution in [1.82, 2.24) is 0 Å². The monoisotopic (exact) mass is 372 g/mol. The van der Waals surface area contributed by atoms with Gasteiger partial charge in [0.15, 0.2) is 5.78 Å². The molecular formula is C21H24O6. The van der Waals surface area contributed by atoms with Gasteiger partial charge in [-0.2, -0.15) is 0 Å². The maximum absolute atomic E-state index is 12.6. The van der Waals surface area contributed by atoms with Gasteiger partial charge >= 0.3 is 5.63 Å². The number of carbonyl (C=O) groups is 1. The van der Waals surface area contributed by atoms with Crippen molar-refractivity contribution in [1.29, 1.82) is 0 Å². The Morgan fingerprint density at radius 2 is 1.85 bits per heavy atom. The maximum Gasteiger partial charge on any atom is 0.347 e. The quantitative estimate of drug-likeness (QED) is 0.802. The minimum Gasteiger partial charge on any atom is -0.507 e. The third-order valence-electron chi connectivity index (χ3n) is 5.25. The van der Waals surface area contributed by atoms with Crippen molar-refractivity contribution in [2.75, 3.05) is 0 Å². The first kappa shape index (κ1) is 19.2. The molecule has 3 rings (SSSR count). The van der Waals surface area contributed by atoms with Crippen LogP contribution in [0.4, 0.5) is 0 Å². The Hall–Kier alpha value is -2.60. The summed E-state index contributed by atoms with van der Waals surface area (Å²) in [5, 5.41) is 21.2. The van der Waals surface area contributed by atoms with E-state index in [0.717, 1.165) is 0 Å². The molecule has 0 saturated carbocycles. The number of fused-ring (bicyclic) bond motifs is 1. The summed E-state index contributed by atoms with van der Waals surface area (Å²) in [5.74, 6) is -0.188. The van der Waals surface area contributed by atoms with Gasteiger partial charge in [0.2, 0.25) is 0 Å². The zero-order chi connectivity index (χ0) is 20.0. The van der Waals surface area contributed by atoms with Crippen molar-refractivity contribution in [3.63, 3.8) is 0 Å². The number of carbonyl (C=O) groups excluding carboxylic acids is 1. The van der Waals surface area contributed by atoms with Crippen molar-refractivity contribution in [3.8, 4) is 5.75 Å². The summed E-state index contributed by atoms with van der Waals surface area (Å²) in [5.41, 5.74) is 1.56. The zero-order valence-electron chi connectivity index (χ0n) is 16.1. The van der Waals surface area contributed by atoms with Gasteiger partial charge in [-0.05, 0) is 44.9 Å². The van der Waals surface area contributed by atoms with Gasteiger partial charge < -0.3 is 19.4 Å². The molecule has 1 aromatic heterocycles. The molecule has 6 nitrogen and oxygen atoms in total. The molecule has 0 radical (unpaired) electrons. The van der Waals surface area contributed by atoms with Crippen LogP contribution in [0.1, 0.15) is 55.4 Å². The summed E-state index contributed by atoms with van der Waals surface area (Å²) in [6, 6.07) is 1.63. The highest BCUT2D eigenvalue weighted by Crippen LogP contribution is 2.39. The second-order valence-electron chi connectivity index (χ2n) is 7.34. The fourth-order valence-electron chi connectivity index (χ4n) is 3.59. The lowest BCUT2D eigenvalue weighted by atomic mass is 9.87. The molecule has 1 unspecified atom stereocenters. The topological polar surface area (TPSA) is 97.0 Å². The van der Waals surface area contributed by atoms with Gasteiger partial charge in [-0.25, -0.2) is 4.79 Å². The fraction of sp³-hybridized carbons (Fsp3) is 0.429. The van der Waals surface area contributed by atoms with E-state index in [1.807, 2.05) is 6.92 Å². The van der Waals surface area contributed by atoms with E-state index in [1.165, 1.54) is 6.08 Å². The van der Waals surface area contributed by atoms with Crippen LogP contribution in [-0.4, -0.2) is 28.2 Å². The number of phenolic OH excluding ortho intramolecular Hbond substituents is 1. The van der Waals surface area contributed by atoms with E-state index in [-0.39, 0.29) is 46.9 Å². The van der Waals surface area contributed by atoms with Crippen LogP contribution in [0, 0.1) is 13.8 Å². The van der Waals surface area contributed by atoms with Crippen LogP contribution in [0.15, 0.2) is 21.4 Å². The summed E-state index contributed by atoms with van der Waals surface area (Å²) in [4.78, 5) is 24.5. The molecule has 0 bridgehead atoms. The number of ether oxygens (including phenoxy) is 1. The van der Waals surface area contributed by atoms with E-state index >= 15 is 0 Å². The smallest absolute Gasteiger partial charge is 0.347 e. The number of aliphatic hydroxyl groups excluding tert-OH is 1. The van der Waals surface area contributed by atoms with Crippen LogP contribution >= 0.6 is 0 Å². The molecule has 1 aromatic carbocycles. The lowest BCUT2D eigenvalue weighted by molar-refractivity contribution is -0.117. The first-order chi connectivity index (χ1) is 12.6. The number of aryl methyl sites for hydroxylation is 1. The molecule has 1 aliphatic rings. The Balaban J connectivity index is 2.36. The van der Waals surface area contributed by atoms with Crippen molar-refractivity contribution in [2.45, 2.75) is 59.2 Å². The van der Waals surface area contributed by atoms with E-state index in [2.05, 4.69) is 0 Å². The molecule has 27 heavy (non-hydrogen) atoms. The van der Waals surface area contributed by atoms with E-state index in [0.29, 0.717) is 22.1 Å². The Morgan fingerprint density at radius 1 is 1.19 bits per heavy atom. The van der Waals surface area contributed by atoms with Crippen molar-refractivity contribution < 1.29 is 24.2 Å². The zero-order valence-corrected chi connectivity index (χ0v) is 16.1. The second-order valence-corrected chi connectivity index (χ2v) is 7.34. The predicted molar refractivity (Wildman–Crippen MR) is 102 cm³/mol. The van der Waals surface area contributed by atoms with Crippen LogP contribution in [0.2, 0.25) is 0 Å². The van der Waals surface area contributed by atoms with Crippen molar-refractivity contribution in [2.24, 2.45) is 0 Å². The summed E-state index contributed by atoms with van der Waals surface area (Å²) < 4.78 is 11.2. The lowest BCUT2D eigenvalue weighted by Crippen LogP contribution is -2.21. The minimum atomic E-state index is -0.670. The van der Waals surface area contributed by atoms with Gasteiger partial charge in [-0.15, -0.1) is 0 Å². The minimum absolute atomic E-state index is 0.0397. The van der Waals surface area contributed by atoms with Gasteiger partial charge in [-0.3, -0.25) is 4.79 Å². The van der Waals surface area contributed by atoms with Gasteiger partial charge in [0.1, 0.15) is 28.8 Å². The van der Waals surface area contributed by atoms with Crippen LogP contribution in [0.25, 0.3) is 16.7 Å². The molecule has 2 aromatic rings. The highest BCUT2D eigenvalue weighted by molar-refractivity contribution is 5.98. The van der Waals surface area contributed by atoms with Crippen LogP contribution in [-0.2, 0) is 9.53 Å². The highest BCUT2D eigenvalue weighted by atomic mass is 16.5. The number of phenols is 1. The number of aliphatic hydroxyl groups is 1. The lowest BCUT2D eigenvalue weighted by Gasteiger charge is -2.23. The molecule has 1 aliphatic heterocycles. The van der Waals surface area contributed by atoms with E-state index in [9.17, 15) is 19.8 Å². The average Bonchev–Trinajstić information content (AvgIpc) is 2.59. The summed E-state index contributed by atoms with van der Waals surface area (Å²) >= 11 is 0. The SMILES string of the molecule is Cc1c(O)c(C)c2oc(=O)c(C3=CC(=O)CC(C)O3)cc2c1[C@H](C)[C@H](C)O. The Kier molecular flexibility index (Phi) is 4.86. The molecule has 0 spiro atoms. The molecule has 0 saturated heterocycles. The summed E-state index contributed by atoms with van der Waals surface area (Å²) in [6.07, 6.45) is 0.581. The molecular weight excluding hydrogens is 348 g/mol. The molecule has 2 heterocycles. The van der Waals surface area contributed by atoms with Crippen molar-refractivity contribution >= 4 is 22.5 Å². The molecule has 6 heteroatoms. The Labute approximate surface area is 157 Å². The summed E-state index contributed by atoms with van der Waals surface area (Å²) in [7, 11) is 0. The van der Waals surface area contributed by atoms with Gasteiger partial charge in [0.25, 0.3) is 0 Å². The number of benzene rings is 1. The molecule has 0 fully saturated rings. The number of hydrogen-bond donors (Lipinski definition) is 2. The Bertz CT molecular complexity index is 1010. The number of ketones is 1. The molecule has 3 atom stereocenters. The highest BCUT2D eigenvalue weighted by Gasteiger charge is 2.26. The van der Waals surface area contributed by atoms with Crippen LogP contribution in [0.3, 0.4) is 0 Å². The molecule has 0 amide bonds. The van der Waals surface area contributed by atoms with Gasteiger partial charge in [0.05, 0.1) is 6.10 Å². The van der Waals surface area contributed by atoms with Crippen molar-refractivity contribution in [3.05, 3.63) is 44.8 Å². The first-order valence-corrected chi connectivity index (χ1v) is 9.01. The normalized spacial score (nSPS) is 19.6. The standard InChI is InChI=1S/C21H24O6/c1-9-6-14(23)7-17(26-9)15-8-16-18(10(2)13(5)22)11(3)19(24)12(4)20(16)27-21(15)25/h7-10,13,22,24H,6H2,1-5H3/t9?,10-,13+/m1/s1. The average molecular weight is 372 g/mol. The van der Waals surface area contributed by atoms with Crippen LogP contribution in [0.5, 0.6) is 5.75 Å². The third-order valence-corrected chi connectivity index (χ3v) is 5.25. The van der Waals surface area contributed by atoms with Crippen LogP contribution < -0.4 is 5.63 Å². The first-order valence-electron chi connectivity index (χ1n) is 9.01. The third kappa shape index (κ3) is 3.25. The van der Waals surface area contributed by atoms with Gasteiger partial charge in [0, 0.05) is 29.4 Å². The van der Waals surface area contributed by atoms with E-state index < -0.39 is 11.7 Å². The maximum atomic E-state index is 12.6. The molecule has 144 valence electrons. The van der Waals surface area contributed by atoms with Gasteiger partial charge in [-0.1, -0.05) is 6.92 Å². The second kappa shape index (κ2) is 6.85. The van der Waals surface area contributed by atoms with E-state index in [1.54, 1.807) is 33.8 Å².